The number of carbonyl (C=O) groups excluding carboxylic acids is 1. The number of carbonyl (C=O) groups is 1. The van der Waals surface area contributed by atoms with E-state index in [-0.39, 0.29) is 18.2 Å². The molecule has 0 aliphatic heterocycles. The van der Waals surface area contributed by atoms with E-state index in [1.54, 1.807) is 0 Å². The molecule has 128 valence electrons. The van der Waals surface area contributed by atoms with Gasteiger partial charge in [0.15, 0.2) is 6.73 Å². The van der Waals surface area contributed by atoms with E-state index in [1.165, 1.54) is 5.56 Å². The molecule has 0 fully saturated rings. The Morgan fingerprint density at radius 3 is 2.42 bits per heavy atom. The minimum absolute atomic E-state index is 0.0419. The lowest BCUT2D eigenvalue weighted by atomic mass is 9.86. The van der Waals surface area contributed by atoms with Crippen LogP contribution in [0.3, 0.4) is 0 Å². The van der Waals surface area contributed by atoms with Gasteiger partial charge >= 0.3 is 6.03 Å². The van der Waals surface area contributed by atoms with Gasteiger partial charge in [0.25, 0.3) is 0 Å². The van der Waals surface area contributed by atoms with Gasteiger partial charge in [-0.05, 0) is 54.2 Å². The Morgan fingerprint density at radius 1 is 1.04 bits per heavy atom. The zero-order valence-corrected chi connectivity index (χ0v) is 15.1. The van der Waals surface area contributed by atoms with Crippen molar-refractivity contribution in [3.8, 4) is 5.75 Å². The largest absolute Gasteiger partial charge is 0.473 e. The summed E-state index contributed by atoms with van der Waals surface area (Å²) in [6.07, 6.45) is 0. The monoisotopic (exact) mass is 326 g/mol. The maximum absolute atomic E-state index is 12.1. The molecule has 0 unspecified atom stereocenters. The van der Waals surface area contributed by atoms with Crippen LogP contribution in [-0.4, -0.2) is 12.8 Å². The number of benzene rings is 2. The summed E-state index contributed by atoms with van der Waals surface area (Å²) in [6, 6.07) is 13.4. The molecular weight excluding hydrogens is 300 g/mol. The van der Waals surface area contributed by atoms with Gasteiger partial charge in [0.05, 0.1) is 0 Å². The Kier molecular flexibility index (Phi) is 5.50. The van der Waals surface area contributed by atoms with Crippen LogP contribution in [0.4, 0.5) is 10.5 Å². The molecule has 0 aromatic heterocycles. The maximum atomic E-state index is 12.1. The highest BCUT2D eigenvalue weighted by Crippen LogP contribution is 2.29. The lowest BCUT2D eigenvalue weighted by molar-refractivity contribution is 0.234. The smallest absolute Gasteiger partial charge is 0.321 e. The van der Waals surface area contributed by atoms with E-state index in [0.29, 0.717) is 0 Å². The predicted molar refractivity (Wildman–Crippen MR) is 98.7 cm³/mol. The number of hydrogen-bond donors (Lipinski definition) is 2. The molecule has 0 saturated heterocycles. The number of para-hydroxylation sites is 1. The van der Waals surface area contributed by atoms with Crippen LogP contribution in [0, 0.1) is 13.8 Å². The highest BCUT2D eigenvalue weighted by Gasteiger charge is 2.18. The number of urea groups is 1. The second-order valence-electron chi connectivity index (χ2n) is 6.96. The summed E-state index contributed by atoms with van der Waals surface area (Å²) in [4.78, 5) is 12.1. The van der Waals surface area contributed by atoms with E-state index in [0.717, 1.165) is 22.6 Å². The molecule has 4 nitrogen and oxygen atoms in total. The molecule has 24 heavy (non-hydrogen) atoms. The molecule has 0 saturated carbocycles. The van der Waals surface area contributed by atoms with Gasteiger partial charge in [-0.1, -0.05) is 45.0 Å². The number of ether oxygens (including phenoxy) is 1. The summed E-state index contributed by atoms with van der Waals surface area (Å²) >= 11 is 0. The Labute approximate surface area is 144 Å². The summed E-state index contributed by atoms with van der Waals surface area (Å²) in [5, 5.41) is 5.61. The van der Waals surface area contributed by atoms with Crippen molar-refractivity contribution in [3.63, 3.8) is 0 Å². The summed E-state index contributed by atoms with van der Waals surface area (Å²) in [5.41, 5.74) is 4.24. The Morgan fingerprint density at radius 2 is 1.75 bits per heavy atom. The Balaban J connectivity index is 1.91. The molecule has 2 aromatic carbocycles. The van der Waals surface area contributed by atoms with Crippen LogP contribution in [0.5, 0.6) is 5.75 Å². The van der Waals surface area contributed by atoms with E-state index >= 15 is 0 Å². The van der Waals surface area contributed by atoms with Gasteiger partial charge in [0.2, 0.25) is 0 Å². The van der Waals surface area contributed by atoms with Gasteiger partial charge in [0.1, 0.15) is 5.75 Å². The first kappa shape index (κ1) is 17.9. The highest BCUT2D eigenvalue weighted by atomic mass is 16.5. The number of rotatable bonds is 4. The van der Waals surface area contributed by atoms with Crippen molar-refractivity contribution in [1.82, 2.24) is 5.32 Å². The molecule has 2 amide bonds. The van der Waals surface area contributed by atoms with E-state index in [1.807, 2.05) is 49.4 Å². The summed E-state index contributed by atoms with van der Waals surface area (Å²) < 4.78 is 5.58. The molecule has 0 aliphatic rings. The molecular formula is C20H26N2O2. The van der Waals surface area contributed by atoms with Crippen molar-refractivity contribution in [2.45, 2.75) is 40.0 Å². The Bertz CT molecular complexity index is 718. The standard InChI is InChI=1S/C20H26N2O2/c1-14-10-11-16(12-15(14)2)24-13-21-19(23)22-18-9-7-6-8-17(18)20(3,4)5/h6-12H,13H2,1-5H3,(H2,21,22,23). The van der Waals surface area contributed by atoms with Crippen LogP contribution in [-0.2, 0) is 5.41 Å². The van der Waals surface area contributed by atoms with Crippen molar-refractivity contribution < 1.29 is 9.53 Å². The van der Waals surface area contributed by atoms with E-state index < -0.39 is 0 Å². The lowest BCUT2D eigenvalue weighted by Crippen LogP contribution is -2.32. The first-order valence-electron chi connectivity index (χ1n) is 8.12. The van der Waals surface area contributed by atoms with Crippen molar-refractivity contribution in [2.75, 3.05) is 12.0 Å². The third-order valence-electron chi connectivity index (χ3n) is 3.93. The minimum atomic E-state index is -0.282. The molecule has 0 radical (unpaired) electrons. The summed E-state index contributed by atoms with van der Waals surface area (Å²) in [5.74, 6) is 0.744. The topological polar surface area (TPSA) is 50.4 Å². The number of anilines is 1. The van der Waals surface area contributed by atoms with E-state index in [2.05, 4.69) is 38.3 Å². The third-order valence-corrected chi connectivity index (χ3v) is 3.93. The van der Waals surface area contributed by atoms with Gasteiger partial charge in [-0.15, -0.1) is 0 Å². The normalized spacial score (nSPS) is 11.0. The van der Waals surface area contributed by atoms with Crippen molar-refractivity contribution in [3.05, 3.63) is 59.2 Å². The highest BCUT2D eigenvalue weighted by molar-refractivity contribution is 5.90. The maximum Gasteiger partial charge on any atom is 0.321 e. The fourth-order valence-corrected chi connectivity index (χ4v) is 2.40. The van der Waals surface area contributed by atoms with Crippen LogP contribution >= 0.6 is 0 Å². The Hall–Kier alpha value is -2.49. The van der Waals surface area contributed by atoms with Gasteiger partial charge in [0, 0.05) is 5.69 Å². The fourth-order valence-electron chi connectivity index (χ4n) is 2.40. The zero-order valence-electron chi connectivity index (χ0n) is 15.1. The summed E-state index contributed by atoms with van der Waals surface area (Å²) in [7, 11) is 0. The number of aryl methyl sites for hydroxylation is 2. The van der Waals surface area contributed by atoms with Crippen LogP contribution in [0.25, 0.3) is 0 Å². The predicted octanol–water partition coefficient (Wildman–Crippen LogP) is 4.76. The van der Waals surface area contributed by atoms with Crippen LogP contribution in [0.1, 0.15) is 37.5 Å². The van der Waals surface area contributed by atoms with E-state index in [4.69, 9.17) is 4.74 Å². The second kappa shape index (κ2) is 7.39. The molecule has 2 rings (SSSR count). The molecule has 0 aliphatic carbocycles. The second-order valence-corrected chi connectivity index (χ2v) is 6.96. The molecule has 4 heteroatoms. The minimum Gasteiger partial charge on any atom is -0.473 e. The molecule has 0 heterocycles. The van der Waals surface area contributed by atoms with Crippen molar-refractivity contribution in [1.29, 1.82) is 0 Å². The lowest BCUT2D eigenvalue weighted by Gasteiger charge is -2.23. The first-order valence-corrected chi connectivity index (χ1v) is 8.12. The van der Waals surface area contributed by atoms with Gasteiger partial charge < -0.3 is 15.4 Å². The number of hydrogen-bond acceptors (Lipinski definition) is 2. The molecule has 0 atom stereocenters. The van der Waals surface area contributed by atoms with Crippen LogP contribution < -0.4 is 15.4 Å². The average molecular weight is 326 g/mol. The van der Waals surface area contributed by atoms with Crippen molar-refractivity contribution in [2.24, 2.45) is 0 Å². The van der Waals surface area contributed by atoms with Gasteiger partial charge in [-0.2, -0.15) is 0 Å². The average Bonchev–Trinajstić information content (AvgIpc) is 2.50. The molecule has 0 spiro atoms. The molecule has 2 aromatic rings. The number of nitrogens with one attached hydrogen (secondary N) is 2. The van der Waals surface area contributed by atoms with E-state index in [9.17, 15) is 4.79 Å². The van der Waals surface area contributed by atoms with Crippen molar-refractivity contribution >= 4 is 11.7 Å². The summed E-state index contributed by atoms with van der Waals surface area (Å²) in [6.45, 7) is 10.6. The van der Waals surface area contributed by atoms with Crippen LogP contribution in [0.15, 0.2) is 42.5 Å². The van der Waals surface area contributed by atoms with Gasteiger partial charge in [-0.3, -0.25) is 0 Å². The fraction of sp³-hybridized carbons (Fsp3) is 0.350. The van der Waals surface area contributed by atoms with Gasteiger partial charge in [-0.25, -0.2) is 4.79 Å². The SMILES string of the molecule is Cc1ccc(OCNC(=O)Nc2ccccc2C(C)(C)C)cc1C. The van der Waals surface area contributed by atoms with Crippen LogP contribution in [0.2, 0.25) is 0 Å². The number of amides is 2. The molecule has 0 bridgehead atoms. The third kappa shape index (κ3) is 4.75. The quantitative estimate of drug-likeness (QED) is 0.796. The molecule has 2 N–H and O–H groups in total. The first-order chi connectivity index (χ1) is 11.3. The zero-order chi connectivity index (χ0) is 17.7.